The molecule has 0 unspecified atom stereocenters. The molecule has 0 saturated heterocycles. The molecule has 142 valence electrons. The third kappa shape index (κ3) is 3.85. The maximum absolute atomic E-state index is 12.9. The number of hydrogen-bond donors (Lipinski definition) is 2. The van der Waals surface area contributed by atoms with E-state index in [4.69, 9.17) is 11.6 Å². The molecule has 0 radical (unpaired) electrons. The lowest BCUT2D eigenvalue weighted by Gasteiger charge is -2.15. The van der Waals surface area contributed by atoms with E-state index >= 15 is 0 Å². The molecular formula is C18H16ClF3N4O. The van der Waals surface area contributed by atoms with Crippen molar-refractivity contribution >= 4 is 39.9 Å². The van der Waals surface area contributed by atoms with Gasteiger partial charge in [-0.05, 0) is 36.8 Å². The zero-order chi connectivity index (χ0) is 19.8. The second-order valence-electron chi connectivity index (χ2n) is 5.98. The Morgan fingerprint density at radius 1 is 1.30 bits per heavy atom. The van der Waals surface area contributed by atoms with Crippen LogP contribution in [-0.4, -0.2) is 22.5 Å². The predicted molar refractivity (Wildman–Crippen MR) is 98.3 cm³/mol. The maximum Gasteiger partial charge on any atom is 0.416 e. The number of benzene rings is 1. The Hall–Kier alpha value is -2.74. The molecule has 0 bridgehead atoms. The number of rotatable bonds is 4. The number of likely N-dealkylation sites (N-methyl/N-ethyl adjacent to an activating group) is 1. The number of aromatic nitrogens is 2. The first-order valence-corrected chi connectivity index (χ1v) is 8.37. The Kier molecular flexibility index (Phi) is 5.01. The van der Waals surface area contributed by atoms with E-state index in [-0.39, 0.29) is 17.5 Å². The van der Waals surface area contributed by atoms with E-state index < -0.39 is 11.7 Å². The number of aryl methyl sites for hydroxylation is 1. The highest BCUT2D eigenvalue weighted by atomic mass is 35.5. The predicted octanol–water partition coefficient (Wildman–Crippen LogP) is 4.51. The first-order valence-electron chi connectivity index (χ1n) is 7.99. The lowest BCUT2D eigenvalue weighted by atomic mass is 10.1. The average molecular weight is 397 g/mol. The summed E-state index contributed by atoms with van der Waals surface area (Å²) in [5.74, 6) is 0.286. The topological polar surface area (TPSA) is 59.0 Å². The molecule has 1 aromatic carbocycles. The average Bonchev–Trinajstić information content (AvgIpc) is 3.00. The highest BCUT2D eigenvalue weighted by Gasteiger charge is 2.31. The van der Waals surface area contributed by atoms with E-state index in [0.717, 1.165) is 23.0 Å². The van der Waals surface area contributed by atoms with E-state index in [0.29, 0.717) is 17.1 Å². The number of pyridine rings is 1. The zero-order valence-electron chi connectivity index (χ0n) is 14.5. The Morgan fingerprint density at radius 3 is 2.67 bits per heavy atom. The minimum absolute atomic E-state index is 0.0501. The van der Waals surface area contributed by atoms with E-state index in [1.54, 1.807) is 43.1 Å². The van der Waals surface area contributed by atoms with Crippen molar-refractivity contribution in [2.24, 2.45) is 0 Å². The van der Waals surface area contributed by atoms with E-state index in [1.165, 1.54) is 0 Å². The molecule has 0 aliphatic carbocycles. The van der Waals surface area contributed by atoms with Gasteiger partial charge in [0, 0.05) is 24.8 Å². The van der Waals surface area contributed by atoms with Gasteiger partial charge in [0.25, 0.3) is 0 Å². The summed E-state index contributed by atoms with van der Waals surface area (Å²) in [5.41, 5.74) is 0.650. The van der Waals surface area contributed by atoms with Crippen molar-refractivity contribution in [3.8, 4) is 0 Å². The minimum atomic E-state index is -4.47. The number of alkyl halides is 3. The number of nitrogens with one attached hydrogen (secondary N) is 2. The van der Waals surface area contributed by atoms with Gasteiger partial charge < -0.3 is 15.2 Å². The molecule has 27 heavy (non-hydrogen) atoms. The highest BCUT2D eigenvalue weighted by Crippen LogP contribution is 2.37. The van der Waals surface area contributed by atoms with Crippen LogP contribution in [0.3, 0.4) is 0 Å². The van der Waals surface area contributed by atoms with Crippen molar-refractivity contribution in [2.45, 2.75) is 19.6 Å². The van der Waals surface area contributed by atoms with Gasteiger partial charge in [-0.1, -0.05) is 11.6 Å². The van der Waals surface area contributed by atoms with Gasteiger partial charge >= 0.3 is 6.18 Å². The molecule has 1 amide bonds. The Bertz CT molecular complexity index is 990. The van der Waals surface area contributed by atoms with Crippen LogP contribution in [0.1, 0.15) is 11.1 Å². The molecule has 2 N–H and O–H groups in total. The molecule has 5 nitrogen and oxygen atoms in total. The summed E-state index contributed by atoms with van der Waals surface area (Å²) >= 11 is 6.09. The van der Waals surface area contributed by atoms with Gasteiger partial charge in [-0.15, -0.1) is 0 Å². The fraction of sp³-hybridized carbons (Fsp3) is 0.222. The van der Waals surface area contributed by atoms with Crippen LogP contribution in [0, 0.1) is 6.92 Å². The standard InChI is InChI=1S/C18H16ClF3N4O/c1-10-7-11(18(20,21)22)8-13(19)16(10)25-17-12-4-6-26(9-15(27)23-2)14(12)3-5-24-17/h3-8H,9H2,1-2H3,(H,23,27)(H,24,25). The maximum atomic E-state index is 12.9. The van der Waals surface area contributed by atoms with E-state index in [9.17, 15) is 18.0 Å². The van der Waals surface area contributed by atoms with Crippen molar-refractivity contribution in [1.82, 2.24) is 14.9 Å². The number of anilines is 2. The lowest BCUT2D eigenvalue weighted by molar-refractivity contribution is -0.137. The largest absolute Gasteiger partial charge is 0.416 e. The van der Waals surface area contributed by atoms with Gasteiger partial charge in [-0.25, -0.2) is 4.98 Å². The first-order chi connectivity index (χ1) is 12.7. The van der Waals surface area contributed by atoms with Crippen molar-refractivity contribution in [3.05, 3.63) is 52.8 Å². The Balaban J connectivity index is 1.99. The van der Waals surface area contributed by atoms with Crippen LogP contribution in [0.25, 0.3) is 10.9 Å². The van der Waals surface area contributed by atoms with Gasteiger partial charge in [0.05, 0.1) is 21.8 Å². The summed E-state index contributed by atoms with van der Waals surface area (Å²) in [6.45, 7) is 1.68. The molecule has 3 aromatic rings. The van der Waals surface area contributed by atoms with Crippen LogP contribution in [0.2, 0.25) is 5.02 Å². The summed E-state index contributed by atoms with van der Waals surface area (Å²) in [4.78, 5) is 15.9. The highest BCUT2D eigenvalue weighted by molar-refractivity contribution is 6.33. The monoisotopic (exact) mass is 396 g/mol. The summed E-state index contributed by atoms with van der Waals surface area (Å²) in [5, 5.41) is 6.24. The van der Waals surface area contributed by atoms with Gasteiger partial charge in [-0.2, -0.15) is 13.2 Å². The molecule has 0 atom stereocenters. The first kappa shape index (κ1) is 19.0. The fourth-order valence-electron chi connectivity index (χ4n) is 2.78. The summed E-state index contributed by atoms with van der Waals surface area (Å²) in [6, 6.07) is 5.45. The lowest BCUT2D eigenvalue weighted by Crippen LogP contribution is -2.22. The molecule has 2 heterocycles. The Morgan fingerprint density at radius 2 is 2.04 bits per heavy atom. The van der Waals surface area contributed by atoms with Gasteiger partial charge in [0.1, 0.15) is 12.4 Å². The number of fused-ring (bicyclic) bond motifs is 1. The van der Waals surface area contributed by atoms with Crippen LogP contribution >= 0.6 is 11.6 Å². The molecule has 2 aromatic heterocycles. The van der Waals surface area contributed by atoms with Crippen LogP contribution in [-0.2, 0) is 17.5 Å². The van der Waals surface area contributed by atoms with Gasteiger partial charge in [0.2, 0.25) is 5.91 Å². The SMILES string of the molecule is CNC(=O)Cn1ccc2c(Nc3c(C)cc(C(F)(F)F)cc3Cl)nccc21. The second-order valence-corrected chi connectivity index (χ2v) is 6.39. The number of nitrogens with zero attached hydrogens (tertiary/aromatic N) is 2. The number of carbonyl (C=O) groups is 1. The van der Waals surface area contributed by atoms with Gasteiger partial charge in [0.15, 0.2) is 0 Å². The van der Waals surface area contributed by atoms with E-state index in [2.05, 4.69) is 15.6 Å². The molecule has 9 heteroatoms. The molecule has 0 spiro atoms. The number of hydrogen-bond acceptors (Lipinski definition) is 3. The van der Waals surface area contributed by atoms with Crippen LogP contribution in [0.15, 0.2) is 36.7 Å². The summed E-state index contributed by atoms with van der Waals surface area (Å²) in [6.07, 6.45) is -1.17. The van der Waals surface area contributed by atoms with Crippen molar-refractivity contribution in [1.29, 1.82) is 0 Å². The van der Waals surface area contributed by atoms with Crippen molar-refractivity contribution in [3.63, 3.8) is 0 Å². The number of amides is 1. The zero-order valence-corrected chi connectivity index (χ0v) is 15.2. The van der Waals surface area contributed by atoms with Crippen LogP contribution in [0.4, 0.5) is 24.7 Å². The molecule has 0 aliphatic heterocycles. The second kappa shape index (κ2) is 7.11. The fourth-order valence-corrected chi connectivity index (χ4v) is 3.09. The molecule has 0 fully saturated rings. The minimum Gasteiger partial charge on any atom is -0.358 e. The van der Waals surface area contributed by atoms with Crippen molar-refractivity contribution in [2.75, 3.05) is 12.4 Å². The molecule has 0 saturated carbocycles. The summed E-state index contributed by atoms with van der Waals surface area (Å²) < 4.78 is 40.5. The van der Waals surface area contributed by atoms with Gasteiger partial charge in [-0.3, -0.25) is 4.79 Å². The quantitative estimate of drug-likeness (QED) is 0.682. The molecule has 3 rings (SSSR count). The molecule has 0 aliphatic rings. The number of halogens is 4. The third-order valence-corrected chi connectivity index (χ3v) is 4.45. The smallest absolute Gasteiger partial charge is 0.358 e. The van der Waals surface area contributed by atoms with Crippen LogP contribution < -0.4 is 10.6 Å². The number of carbonyl (C=O) groups excluding carboxylic acids is 1. The van der Waals surface area contributed by atoms with Crippen molar-refractivity contribution < 1.29 is 18.0 Å². The summed E-state index contributed by atoms with van der Waals surface area (Å²) in [7, 11) is 1.55. The Labute approximate surface area is 158 Å². The molecular weight excluding hydrogens is 381 g/mol. The van der Waals surface area contributed by atoms with Crippen LogP contribution in [0.5, 0.6) is 0 Å². The third-order valence-electron chi connectivity index (χ3n) is 4.15. The normalized spacial score (nSPS) is 11.6. The van der Waals surface area contributed by atoms with E-state index in [1.807, 2.05) is 0 Å².